The van der Waals surface area contributed by atoms with E-state index in [1.807, 2.05) is 18.2 Å². The molecule has 1 aromatic heterocycles. The van der Waals surface area contributed by atoms with E-state index >= 15 is 0 Å². The van der Waals surface area contributed by atoms with Crippen LogP contribution in [0.2, 0.25) is 0 Å². The van der Waals surface area contributed by atoms with Crippen molar-refractivity contribution in [2.45, 2.75) is 44.8 Å². The van der Waals surface area contributed by atoms with Crippen LogP contribution in [0.5, 0.6) is 0 Å². The largest absolute Gasteiger partial charge is 0.459 e. The van der Waals surface area contributed by atoms with Gasteiger partial charge in [0, 0.05) is 6.54 Å². The van der Waals surface area contributed by atoms with Gasteiger partial charge in [-0.2, -0.15) is 0 Å². The first-order chi connectivity index (χ1) is 13.5. The predicted molar refractivity (Wildman–Crippen MR) is 101 cm³/mol. The van der Waals surface area contributed by atoms with Crippen LogP contribution >= 0.6 is 0 Å². The van der Waals surface area contributed by atoms with Gasteiger partial charge in [-0.25, -0.2) is 0 Å². The molecule has 0 fully saturated rings. The van der Waals surface area contributed by atoms with Gasteiger partial charge < -0.3 is 19.8 Å². The lowest BCUT2D eigenvalue weighted by atomic mass is 9.87. The van der Waals surface area contributed by atoms with Gasteiger partial charge in [0.15, 0.2) is 11.9 Å². The number of ether oxygens (including phenoxy) is 1. The number of carbonyl (C=O) groups is 3. The van der Waals surface area contributed by atoms with Crippen molar-refractivity contribution in [3.05, 3.63) is 59.5 Å². The van der Waals surface area contributed by atoms with E-state index in [9.17, 15) is 14.4 Å². The Morgan fingerprint density at radius 2 is 2.04 bits per heavy atom. The third-order valence-electron chi connectivity index (χ3n) is 4.72. The maximum absolute atomic E-state index is 12.4. The number of nitrogens with one attached hydrogen (secondary N) is 2. The SMILES string of the molecule is CC(OC(=O)CCNC(=O)c1ccco1)C(=O)NC1CCCc2ccccc21. The normalized spacial score (nSPS) is 16.5. The van der Waals surface area contributed by atoms with Crippen LogP contribution in [0.25, 0.3) is 0 Å². The zero-order valence-corrected chi connectivity index (χ0v) is 15.8. The third-order valence-corrected chi connectivity index (χ3v) is 4.72. The Bertz CT molecular complexity index is 831. The fourth-order valence-electron chi connectivity index (χ4n) is 3.28. The second-order valence-corrected chi connectivity index (χ2v) is 6.77. The topological polar surface area (TPSA) is 97.6 Å². The summed E-state index contributed by atoms with van der Waals surface area (Å²) in [6, 6.07) is 11.1. The van der Waals surface area contributed by atoms with E-state index in [4.69, 9.17) is 9.15 Å². The van der Waals surface area contributed by atoms with Gasteiger partial charge in [0.1, 0.15) is 0 Å². The fraction of sp³-hybridized carbons (Fsp3) is 0.381. The number of esters is 1. The summed E-state index contributed by atoms with van der Waals surface area (Å²) in [7, 11) is 0. The smallest absolute Gasteiger partial charge is 0.308 e. The lowest BCUT2D eigenvalue weighted by Crippen LogP contribution is -2.39. The summed E-state index contributed by atoms with van der Waals surface area (Å²) in [4.78, 5) is 36.1. The molecular weight excluding hydrogens is 360 g/mol. The quantitative estimate of drug-likeness (QED) is 0.715. The summed E-state index contributed by atoms with van der Waals surface area (Å²) < 4.78 is 10.2. The fourth-order valence-corrected chi connectivity index (χ4v) is 3.28. The van der Waals surface area contributed by atoms with Crippen LogP contribution < -0.4 is 10.6 Å². The van der Waals surface area contributed by atoms with Crippen molar-refractivity contribution >= 4 is 17.8 Å². The van der Waals surface area contributed by atoms with E-state index in [0.717, 1.165) is 24.8 Å². The van der Waals surface area contributed by atoms with E-state index in [0.29, 0.717) is 0 Å². The van der Waals surface area contributed by atoms with Crippen LogP contribution in [0.15, 0.2) is 47.1 Å². The first-order valence-electron chi connectivity index (χ1n) is 9.44. The molecule has 0 bridgehead atoms. The molecule has 7 nitrogen and oxygen atoms in total. The summed E-state index contributed by atoms with van der Waals surface area (Å²) in [6.07, 6.45) is 3.34. The highest BCUT2D eigenvalue weighted by molar-refractivity contribution is 5.91. The first-order valence-corrected chi connectivity index (χ1v) is 9.44. The zero-order chi connectivity index (χ0) is 19.9. The maximum Gasteiger partial charge on any atom is 0.308 e. The predicted octanol–water partition coefficient (Wildman–Crippen LogP) is 2.53. The van der Waals surface area contributed by atoms with Crippen LogP contribution in [0.4, 0.5) is 0 Å². The van der Waals surface area contributed by atoms with Gasteiger partial charge in [0.05, 0.1) is 18.7 Å². The van der Waals surface area contributed by atoms with Gasteiger partial charge in [0.2, 0.25) is 0 Å². The van der Waals surface area contributed by atoms with E-state index in [1.54, 1.807) is 13.0 Å². The van der Waals surface area contributed by atoms with Crippen molar-refractivity contribution < 1.29 is 23.5 Å². The Morgan fingerprint density at radius 3 is 2.82 bits per heavy atom. The molecule has 28 heavy (non-hydrogen) atoms. The van der Waals surface area contributed by atoms with Crippen molar-refractivity contribution in [2.75, 3.05) is 6.54 Å². The summed E-state index contributed by atoms with van der Waals surface area (Å²) in [5.74, 6) is -1.10. The number of rotatable bonds is 7. The van der Waals surface area contributed by atoms with E-state index in [-0.39, 0.29) is 30.7 Å². The van der Waals surface area contributed by atoms with Gasteiger partial charge in [-0.3, -0.25) is 14.4 Å². The molecule has 1 aliphatic rings. The summed E-state index contributed by atoms with van der Waals surface area (Å²) >= 11 is 0. The third kappa shape index (κ3) is 5.00. The highest BCUT2D eigenvalue weighted by Crippen LogP contribution is 2.29. The van der Waals surface area contributed by atoms with Gasteiger partial charge >= 0.3 is 5.97 Å². The van der Waals surface area contributed by atoms with Crippen LogP contribution in [0.3, 0.4) is 0 Å². The number of hydrogen-bond donors (Lipinski definition) is 2. The molecular formula is C21H24N2O5. The molecule has 0 saturated heterocycles. The molecule has 0 radical (unpaired) electrons. The Kier molecular flexibility index (Phi) is 6.47. The molecule has 0 spiro atoms. The number of furan rings is 1. The number of hydrogen-bond acceptors (Lipinski definition) is 5. The van der Waals surface area contributed by atoms with Gasteiger partial charge in [-0.15, -0.1) is 0 Å². The Morgan fingerprint density at radius 1 is 1.21 bits per heavy atom. The average molecular weight is 384 g/mol. The number of aryl methyl sites for hydroxylation is 1. The minimum absolute atomic E-state index is 0.0314. The monoisotopic (exact) mass is 384 g/mol. The zero-order valence-electron chi connectivity index (χ0n) is 15.8. The number of carbonyl (C=O) groups excluding carboxylic acids is 3. The molecule has 2 unspecified atom stereocenters. The van der Waals surface area contributed by atoms with Crippen molar-refractivity contribution in [2.24, 2.45) is 0 Å². The molecule has 1 aromatic carbocycles. The minimum Gasteiger partial charge on any atom is -0.459 e. The van der Waals surface area contributed by atoms with Crippen molar-refractivity contribution in [1.82, 2.24) is 10.6 Å². The molecule has 7 heteroatoms. The average Bonchev–Trinajstić information content (AvgIpc) is 3.23. The van der Waals surface area contributed by atoms with Gasteiger partial charge in [-0.05, 0) is 49.4 Å². The summed E-state index contributed by atoms with van der Waals surface area (Å²) in [5.41, 5.74) is 2.37. The molecule has 2 atom stereocenters. The molecule has 1 aliphatic carbocycles. The van der Waals surface area contributed by atoms with Crippen LogP contribution in [0.1, 0.15) is 53.9 Å². The van der Waals surface area contributed by atoms with E-state index in [2.05, 4.69) is 16.7 Å². The lowest BCUT2D eigenvalue weighted by Gasteiger charge is -2.27. The number of amides is 2. The Balaban J connectivity index is 1.43. The highest BCUT2D eigenvalue weighted by atomic mass is 16.5. The van der Waals surface area contributed by atoms with Gasteiger partial charge in [0.25, 0.3) is 11.8 Å². The van der Waals surface area contributed by atoms with Crippen molar-refractivity contribution in [1.29, 1.82) is 0 Å². The molecule has 2 N–H and O–H groups in total. The molecule has 2 aromatic rings. The van der Waals surface area contributed by atoms with E-state index < -0.39 is 18.0 Å². The van der Waals surface area contributed by atoms with Crippen LogP contribution in [-0.4, -0.2) is 30.4 Å². The second-order valence-electron chi connectivity index (χ2n) is 6.77. The van der Waals surface area contributed by atoms with Crippen molar-refractivity contribution in [3.8, 4) is 0 Å². The molecule has 0 aliphatic heterocycles. The number of benzene rings is 1. The summed E-state index contributed by atoms with van der Waals surface area (Å²) in [5, 5.41) is 5.54. The van der Waals surface area contributed by atoms with Crippen LogP contribution in [0, 0.1) is 0 Å². The van der Waals surface area contributed by atoms with E-state index in [1.165, 1.54) is 17.9 Å². The van der Waals surface area contributed by atoms with Gasteiger partial charge in [-0.1, -0.05) is 24.3 Å². The Labute approximate surface area is 163 Å². The number of fused-ring (bicyclic) bond motifs is 1. The van der Waals surface area contributed by atoms with Crippen molar-refractivity contribution in [3.63, 3.8) is 0 Å². The highest BCUT2D eigenvalue weighted by Gasteiger charge is 2.25. The lowest BCUT2D eigenvalue weighted by molar-refractivity contribution is -0.155. The molecule has 3 rings (SSSR count). The molecule has 0 saturated carbocycles. The Hall–Kier alpha value is -3.09. The molecule has 148 valence electrons. The molecule has 2 amide bonds. The standard InChI is InChI=1S/C21H24N2O5/c1-14(28-19(24)11-12-22-21(26)18-10-5-13-27-18)20(25)23-17-9-4-7-15-6-2-3-8-16(15)17/h2-3,5-6,8,10,13-14,17H,4,7,9,11-12H2,1H3,(H,22,26)(H,23,25). The first kappa shape index (κ1) is 19.7. The molecule has 1 heterocycles. The second kappa shape index (κ2) is 9.21. The van der Waals surface area contributed by atoms with Crippen LogP contribution in [-0.2, 0) is 20.7 Å². The maximum atomic E-state index is 12.4. The minimum atomic E-state index is -0.901. The summed E-state index contributed by atoms with van der Waals surface area (Å²) in [6.45, 7) is 1.64.